The smallest absolute Gasteiger partial charge is 0.141 e. The summed E-state index contributed by atoms with van der Waals surface area (Å²) in [6.07, 6.45) is 1.81. The number of hydrogen-bond acceptors (Lipinski definition) is 4. The van der Waals surface area contributed by atoms with Crippen LogP contribution >= 0.6 is 11.6 Å². The van der Waals surface area contributed by atoms with Crippen LogP contribution in [-0.2, 0) is 0 Å². The van der Waals surface area contributed by atoms with Gasteiger partial charge < -0.3 is 5.11 Å². The second-order valence-electron chi connectivity index (χ2n) is 3.04. The van der Waals surface area contributed by atoms with Crippen molar-refractivity contribution in [1.29, 1.82) is 5.26 Å². The van der Waals surface area contributed by atoms with Gasteiger partial charge in [-0.2, -0.15) is 5.26 Å². The molecular weight excluding hydrogens is 202 g/mol. The molecule has 0 atom stereocenters. The van der Waals surface area contributed by atoms with E-state index in [1.807, 2.05) is 12.1 Å². The maximum absolute atomic E-state index is 9.67. The van der Waals surface area contributed by atoms with Crippen molar-refractivity contribution in [3.8, 4) is 6.07 Å². The van der Waals surface area contributed by atoms with Gasteiger partial charge >= 0.3 is 0 Å². The molecule has 2 N–H and O–H groups in total. The summed E-state index contributed by atoms with van der Waals surface area (Å²) in [6, 6.07) is 1.96. The van der Waals surface area contributed by atoms with Gasteiger partial charge in [-0.25, -0.2) is 5.43 Å². The molecule has 0 amide bonds. The number of aliphatic hydroxyl groups is 1. The standard InChI is InChI=1S/C9H8ClN3O/c1-5-8(14)6(4-11)7-2-3-12-13(7)9(5)10/h2,12,14H,3H2,1H3. The molecule has 14 heavy (non-hydrogen) atoms. The number of nitriles is 1. The Balaban J connectivity index is 2.63. The molecular formula is C9H8ClN3O. The molecule has 2 aliphatic rings. The Kier molecular flexibility index (Phi) is 1.99. The molecule has 5 heteroatoms. The number of nitrogens with zero attached hydrogens (tertiary/aromatic N) is 2. The average Bonchev–Trinajstić information content (AvgIpc) is 2.64. The van der Waals surface area contributed by atoms with E-state index in [9.17, 15) is 5.11 Å². The van der Waals surface area contributed by atoms with Crippen LogP contribution < -0.4 is 5.43 Å². The van der Waals surface area contributed by atoms with E-state index in [1.54, 1.807) is 11.9 Å². The molecule has 72 valence electrons. The van der Waals surface area contributed by atoms with E-state index >= 15 is 0 Å². The van der Waals surface area contributed by atoms with Crippen LogP contribution in [0, 0.1) is 11.3 Å². The number of fused-ring (bicyclic) bond motifs is 1. The fourth-order valence-electron chi connectivity index (χ4n) is 1.48. The highest BCUT2D eigenvalue weighted by Gasteiger charge is 2.30. The molecule has 0 bridgehead atoms. The first-order valence-corrected chi connectivity index (χ1v) is 4.49. The van der Waals surface area contributed by atoms with Crippen molar-refractivity contribution in [3.05, 3.63) is 33.8 Å². The third-order valence-corrected chi connectivity index (χ3v) is 2.70. The summed E-state index contributed by atoms with van der Waals surface area (Å²) >= 11 is 5.98. The molecule has 0 unspecified atom stereocenters. The van der Waals surface area contributed by atoms with Gasteiger partial charge in [-0.3, -0.25) is 5.01 Å². The minimum Gasteiger partial charge on any atom is -0.506 e. The molecule has 2 heterocycles. The van der Waals surface area contributed by atoms with Gasteiger partial charge in [-0.1, -0.05) is 11.6 Å². The predicted molar refractivity (Wildman–Crippen MR) is 51.7 cm³/mol. The van der Waals surface area contributed by atoms with Crippen molar-refractivity contribution in [3.63, 3.8) is 0 Å². The summed E-state index contributed by atoms with van der Waals surface area (Å²) in [7, 11) is 0. The second kappa shape index (κ2) is 3.05. The van der Waals surface area contributed by atoms with Crippen LogP contribution in [0.4, 0.5) is 0 Å². The molecule has 0 radical (unpaired) electrons. The van der Waals surface area contributed by atoms with Crippen LogP contribution in [0.2, 0.25) is 0 Å². The molecule has 0 fully saturated rings. The third-order valence-electron chi connectivity index (χ3n) is 2.25. The quantitative estimate of drug-likeness (QED) is 0.594. The van der Waals surface area contributed by atoms with Gasteiger partial charge in [0.2, 0.25) is 0 Å². The Morgan fingerprint density at radius 2 is 2.43 bits per heavy atom. The highest BCUT2D eigenvalue weighted by molar-refractivity contribution is 6.30. The number of rotatable bonds is 0. The molecule has 0 aromatic rings. The van der Waals surface area contributed by atoms with E-state index in [4.69, 9.17) is 16.9 Å². The molecule has 0 saturated heterocycles. The Morgan fingerprint density at radius 1 is 1.71 bits per heavy atom. The highest BCUT2D eigenvalue weighted by Crippen LogP contribution is 2.34. The number of halogens is 1. The van der Waals surface area contributed by atoms with Gasteiger partial charge in [0, 0.05) is 12.1 Å². The summed E-state index contributed by atoms with van der Waals surface area (Å²) < 4.78 is 0. The number of hydrazine groups is 1. The fourth-order valence-corrected chi connectivity index (χ4v) is 1.72. The molecule has 0 aliphatic carbocycles. The minimum atomic E-state index is -0.0382. The van der Waals surface area contributed by atoms with Crippen LogP contribution in [0.1, 0.15) is 6.92 Å². The monoisotopic (exact) mass is 209 g/mol. The van der Waals surface area contributed by atoms with Crippen LogP contribution in [0.25, 0.3) is 0 Å². The topological polar surface area (TPSA) is 59.3 Å². The number of hydrogen-bond donors (Lipinski definition) is 2. The van der Waals surface area contributed by atoms with Crippen molar-refractivity contribution in [2.75, 3.05) is 6.54 Å². The van der Waals surface area contributed by atoms with E-state index in [-0.39, 0.29) is 11.3 Å². The molecule has 0 saturated carbocycles. The Labute approximate surface area is 86.3 Å². The molecule has 0 aromatic carbocycles. The van der Waals surface area contributed by atoms with Gasteiger partial charge in [0.25, 0.3) is 0 Å². The zero-order valence-electron chi connectivity index (χ0n) is 7.50. The maximum atomic E-state index is 9.67. The lowest BCUT2D eigenvalue weighted by Gasteiger charge is -2.26. The maximum Gasteiger partial charge on any atom is 0.141 e. The molecule has 0 spiro atoms. The first-order valence-electron chi connectivity index (χ1n) is 4.11. The average molecular weight is 210 g/mol. The summed E-state index contributed by atoms with van der Waals surface area (Å²) in [5.74, 6) is -0.0382. The van der Waals surface area contributed by atoms with Crippen molar-refractivity contribution in [1.82, 2.24) is 10.4 Å². The molecule has 2 aliphatic heterocycles. The number of allylic oxidation sites excluding steroid dienone is 2. The Morgan fingerprint density at radius 3 is 3.07 bits per heavy atom. The number of aliphatic hydroxyl groups excluding tert-OH is 1. The lowest BCUT2D eigenvalue weighted by atomic mass is 10.1. The van der Waals surface area contributed by atoms with Gasteiger partial charge in [0.1, 0.15) is 22.6 Å². The summed E-state index contributed by atoms with van der Waals surface area (Å²) in [4.78, 5) is 0. The summed E-state index contributed by atoms with van der Waals surface area (Å²) in [6.45, 7) is 2.28. The van der Waals surface area contributed by atoms with E-state index in [1.165, 1.54) is 0 Å². The largest absolute Gasteiger partial charge is 0.506 e. The number of nitrogens with one attached hydrogen (secondary N) is 1. The van der Waals surface area contributed by atoms with Crippen molar-refractivity contribution >= 4 is 11.6 Å². The minimum absolute atomic E-state index is 0.0382. The van der Waals surface area contributed by atoms with Crippen LogP contribution in [-0.4, -0.2) is 16.7 Å². The summed E-state index contributed by atoms with van der Waals surface area (Å²) in [5, 5.41) is 20.6. The summed E-state index contributed by atoms with van der Waals surface area (Å²) in [5.41, 5.74) is 4.37. The zero-order valence-corrected chi connectivity index (χ0v) is 8.26. The van der Waals surface area contributed by atoms with Crippen molar-refractivity contribution in [2.24, 2.45) is 0 Å². The SMILES string of the molecule is CC1=C(Cl)N2NCC=C2C(C#N)=C1O. The van der Waals surface area contributed by atoms with Crippen LogP contribution in [0.15, 0.2) is 33.8 Å². The predicted octanol–water partition coefficient (Wildman–Crippen LogP) is 1.51. The first kappa shape index (κ1) is 9.13. The Bertz CT molecular complexity index is 428. The van der Waals surface area contributed by atoms with E-state index < -0.39 is 0 Å². The van der Waals surface area contributed by atoms with Crippen molar-refractivity contribution < 1.29 is 5.11 Å². The lowest BCUT2D eigenvalue weighted by molar-refractivity contribution is 0.349. The molecule has 0 aromatic heterocycles. The second-order valence-corrected chi connectivity index (χ2v) is 3.40. The lowest BCUT2D eigenvalue weighted by Crippen LogP contribution is -2.33. The van der Waals surface area contributed by atoms with Crippen LogP contribution in [0.3, 0.4) is 0 Å². The third kappa shape index (κ3) is 1.03. The molecule has 2 rings (SSSR count). The van der Waals surface area contributed by atoms with E-state index in [2.05, 4.69) is 5.43 Å². The Hall–Kier alpha value is -1.44. The zero-order chi connectivity index (χ0) is 10.3. The van der Waals surface area contributed by atoms with Gasteiger partial charge in [-0.05, 0) is 13.0 Å². The van der Waals surface area contributed by atoms with E-state index in [0.29, 0.717) is 23.0 Å². The normalized spacial score (nSPS) is 20.9. The van der Waals surface area contributed by atoms with Gasteiger partial charge in [0.15, 0.2) is 0 Å². The fraction of sp³-hybridized carbons (Fsp3) is 0.222. The first-order chi connectivity index (χ1) is 6.66. The van der Waals surface area contributed by atoms with Crippen molar-refractivity contribution in [2.45, 2.75) is 6.92 Å². The highest BCUT2D eigenvalue weighted by atomic mass is 35.5. The van der Waals surface area contributed by atoms with E-state index in [0.717, 1.165) is 0 Å². The van der Waals surface area contributed by atoms with Gasteiger partial charge in [0.05, 0.1) is 5.70 Å². The van der Waals surface area contributed by atoms with Gasteiger partial charge in [-0.15, -0.1) is 0 Å². The van der Waals surface area contributed by atoms with Crippen LogP contribution in [0.5, 0.6) is 0 Å². The molecule has 4 nitrogen and oxygen atoms in total.